The molecule has 4 nitrogen and oxygen atoms in total. The maximum absolute atomic E-state index is 5.98. The molecule has 1 atom stereocenters. The zero-order valence-corrected chi connectivity index (χ0v) is 10.7. The van der Waals surface area contributed by atoms with Crippen molar-refractivity contribution in [2.24, 2.45) is 5.73 Å². The summed E-state index contributed by atoms with van der Waals surface area (Å²) in [4.78, 5) is 4.23. The van der Waals surface area contributed by atoms with Crippen molar-refractivity contribution in [2.45, 2.75) is 12.8 Å². The molecule has 2 aromatic heterocycles. The van der Waals surface area contributed by atoms with Crippen LogP contribution in [0.25, 0.3) is 11.5 Å². The van der Waals surface area contributed by atoms with Crippen LogP contribution < -0.4 is 5.73 Å². The molecule has 0 saturated heterocycles. The summed E-state index contributed by atoms with van der Waals surface area (Å²) >= 11 is 13.1. The first-order chi connectivity index (χ1) is 7.61. The molecule has 0 aliphatic carbocycles. The van der Waals surface area contributed by atoms with E-state index in [2.05, 4.69) is 10.1 Å². The second-order valence-corrected chi connectivity index (χ2v) is 5.62. The lowest BCUT2D eigenvalue weighted by Gasteiger charge is -1.98. The molecule has 2 N–H and O–H groups in total. The van der Waals surface area contributed by atoms with Gasteiger partial charge in [-0.05, 0) is 6.07 Å². The molecule has 0 amide bonds. The third kappa shape index (κ3) is 2.22. The average Bonchev–Trinajstić information content (AvgIpc) is 2.83. The number of hydrogen-bond acceptors (Lipinski definition) is 5. The summed E-state index contributed by atoms with van der Waals surface area (Å²) in [5.74, 6) is 1.02. The molecule has 0 spiro atoms. The molecule has 2 aromatic rings. The van der Waals surface area contributed by atoms with E-state index >= 15 is 0 Å². The summed E-state index contributed by atoms with van der Waals surface area (Å²) < 4.78 is 6.25. The van der Waals surface area contributed by atoms with Gasteiger partial charge in [-0.2, -0.15) is 4.98 Å². The maximum Gasteiger partial charge on any atom is 0.260 e. The van der Waals surface area contributed by atoms with Crippen LogP contribution in [0.5, 0.6) is 0 Å². The van der Waals surface area contributed by atoms with Crippen molar-refractivity contribution in [2.75, 3.05) is 6.54 Å². The highest BCUT2D eigenvalue weighted by Gasteiger charge is 2.17. The summed E-state index contributed by atoms with van der Waals surface area (Å²) in [7, 11) is 0. The molecule has 0 fully saturated rings. The van der Waals surface area contributed by atoms with Gasteiger partial charge in [-0.15, -0.1) is 11.3 Å². The highest BCUT2D eigenvalue weighted by atomic mass is 35.5. The molecular formula is C9H9Cl2N3OS. The van der Waals surface area contributed by atoms with Crippen molar-refractivity contribution in [3.05, 3.63) is 20.6 Å². The molecule has 0 bridgehead atoms. The quantitative estimate of drug-likeness (QED) is 0.936. The SMILES string of the molecule is CC(CN)c1noc(-c2cc(Cl)sc2Cl)n1. The Hall–Kier alpha value is -0.620. The highest BCUT2D eigenvalue weighted by Crippen LogP contribution is 2.37. The smallest absolute Gasteiger partial charge is 0.260 e. The Morgan fingerprint density at radius 1 is 1.56 bits per heavy atom. The summed E-state index contributed by atoms with van der Waals surface area (Å²) in [6.07, 6.45) is 0. The van der Waals surface area contributed by atoms with Crippen LogP contribution in [0.15, 0.2) is 10.6 Å². The zero-order valence-electron chi connectivity index (χ0n) is 8.41. The van der Waals surface area contributed by atoms with Crippen molar-refractivity contribution >= 4 is 34.5 Å². The second kappa shape index (κ2) is 4.71. The van der Waals surface area contributed by atoms with Crippen molar-refractivity contribution < 1.29 is 4.52 Å². The molecule has 2 heterocycles. The van der Waals surface area contributed by atoms with Crippen LogP contribution in [0.3, 0.4) is 0 Å². The normalized spacial score (nSPS) is 13.0. The van der Waals surface area contributed by atoms with Gasteiger partial charge in [-0.25, -0.2) is 0 Å². The first-order valence-corrected chi connectivity index (χ1v) is 6.18. The fourth-order valence-corrected chi connectivity index (χ4v) is 2.58. The molecule has 86 valence electrons. The van der Waals surface area contributed by atoms with Crippen molar-refractivity contribution in [1.82, 2.24) is 10.1 Å². The summed E-state index contributed by atoms with van der Waals surface area (Å²) in [6, 6.07) is 1.71. The average molecular weight is 278 g/mol. The van der Waals surface area contributed by atoms with Gasteiger partial charge in [-0.3, -0.25) is 0 Å². The summed E-state index contributed by atoms with van der Waals surface area (Å²) in [5.41, 5.74) is 6.19. The predicted molar refractivity (Wildman–Crippen MR) is 65.1 cm³/mol. The molecular weight excluding hydrogens is 269 g/mol. The second-order valence-electron chi connectivity index (χ2n) is 3.33. The van der Waals surface area contributed by atoms with Crippen molar-refractivity contribution in [3.8, 4) is 11.5 Å². The Labute approximate surface area is 106 Å². The number of thiophene rings is 1. The van der Waals surface area contributed by atoms with E-state index in [0.29, 0.717) is 32.5 Å². The summed E-state index contributed by atoms with van der Waals surface area (Å²) in [5, 5.41) is 3.85. The molecule has 0 saturated carbocycles. The van der Waals surface area contributed by atoms with E-state index in [9.17, 15) is 0 Å². The monoisotopic (exact) mass is 277 g/mol. The molecule has 0 radical (unpaired) electrons. The Balaban J connectivity index is 2.35. The van der Waals surface area contributed by atoms with Crippen molar-refractivity contribution in [3.63, 3.8) is 0 Å². The van der Waals surface area contributed by atoms with E-state index in [-0.39, 0.29) is 5.92 Å². The molecule has 0 aliphatic heterocycles. The third-order valence-electron chi connectivity index (χ3n) is 2.12. The zero-order chi connectivity index (χ0) is 11.7. The van der Waals surface area contributed by atoms with Crippen LogP contribution in [-0.4, -0.2) is 16.7 Å². The van der Waals surface area contributed by atoms with Crippen LogP contribution in [-0.2, 0) is 0 Å². The van der Waals surface area contributed by atoms with Gasteiger partial charge in [-0.1, -0.05) is 35.3 Å². The van der Waals surface area contributed by atoms with Crippen LogP contribution >= 0.6 is 34.5 Å². The van der Waals surface area contributed by atoms with Gasteiger partial charge < -0.3 is 10.3 Å². The number of hydrogen-bond donors (Lipinski definition) is 1. The van der Waals surface area contributed by atoms with Gasteiger partial charge in [0, 0.05) is 12.5 Å². The number of rotatable bonds is 3. The third-order valence-corrected chi connectivity index (χ3v) is 3.61. The van der Waals surface area contributed by atoms with Gasteiger partial charge in [0.1, 0.15) is 4.34 Å². The first-order valence-electron chi connectivity index (χ1n) is 4.60. The molecule has 0 aliphatic rings. The van der Waals surface area contributed by atoms with Crippen LogP contribution in [0, 0.1) is 0 Å². The van der Waals surface area contributed by atoms with E-state index in [1.807, 2.05) is 6.92 Å². The number of halogens is 2. The Morgan fingerprint density at radius 3 is 2.88 bits per heavy atom. The minimum absolute atomic E-state index is 0.0605. The van der Waals surface area contributed by atoms with Crippen molar-refractivity contribution in [1.29, 1.82) is 0 Å². The molecule has 7 heteroatoms. The fraction of sp³-hybridized carbons (Fsp3) is 0.333. The Kier molecular flexibility index (Phi) is 3.49. The van der Waals surface area contributed by atoms with E-state index in [1.54, 1.807) is 6.07 Å². The lowest BCUT2D eigenvalue weighted by atomic mass is 10.2. The van der Waals surface area contributed by atoms with Gasteiger partial charge in [0.25, 0.3) is 5.89 Å². The van der Waals surface area contributed by atoms with E-state index in [4.69, 9.17) is 33.5 Å². The van der Waals surface area contributed by atoms with E-state index < -0.39 is 0 Å². The van der Waals surface area contributed by atoms with Crippen LogP contribution in [0.1, 0.15) is 18.7 Å². The lowest BCUT2D eigenvalue weighted by Crippen LogP contribution is -2.10. The van der Waals surface area contributed by atoms with E-state index in [0.717, 1.165) is 0 Å². The highest BCUT2D eigenvalue weighted by molar-refractivity contribution is 7.20. The van der Waals surface area contributed by atoms with E-state index in [1.165, 1.54) is 11.3 Å². The first kappa shape index (κ1) is 11.9. The predicted octanol–water partition coefficient (Wildman–Crippen LogP) is 3.17. The molecule has 16 heavy (non-hydrogen) atoms. The number of aromatic nitrogens is 2. The van der Waals surface area contributed by atoms with Crippen LogP contribution in [0.4, 0.5) is 0 Å². The standard InChI is InChI=1S/C9H9Cl2N3OS/c1-4(3-12)8-13-9(15-14-8)5-2-6(10)16-7(5)11/h2,4H,3,12H2,1H3. The largest absolute Gasteiger partial charge is 0.334 e. The maximum atomic E-state index is 5.98. The number of nitrogens with two attached hydrogens (primary N) is 1. The van der Waals surface area contributed by atoms with Gasteiger partial charge in [0.2, 0.25) is 0 Å². The Bertz CT molecular complexity index is 497. The number of nitrogens with zero attached hydrogens (tertiary/aromatic N) is 2. The van der Waals surface area contributed by atoms with Gasteiger partial charge >= 0.3 is 0 Å². The van der Waals surface area contributed by atoms with Crippen LogP contribution in [0.2, 0.25) is 8.67 Å². The molecule has 2 rings (SSSR count). The lowest BCUT2D eigenvalue weighted by molar-refractivity contribution is 0.418. The molecule has 0 aromatic carbocycles. The minimum Gasteiger partial charge on any atom is -0.334 e. The minimum atomic E-state index is 0.0605. The van der Waals surface area contributed by atoms with Gasteiger partial charge in [0.15, 0.2) is 5.82 Å². The summed E-state index contributed by atoms with van der Waals surface area (Å²) in [6.45, 7) is 2.40. The topological polar surface area (TPSA) is 64.9 Å². The fourth-order valence-electron chi connectivity index (χ4n) is 1.14. The van der Waals surface area contributed by atoms with Gasteiger partial charge in [0.05, 0.1) is 9.90 Å². The molecule has 1 unspecified atom stereocenters. The Morgan fingerprint density at radius 2 is 2.31 bits per heavy atom.